The normalized spacial score (nSPS) is 18.3. The van der Waals surface area contributed by atoms with Crippen LogP contribution in [0.3, 0.4) is 0 Å². The number of nitrogens with two attached hydrogens (primary N) is 1. The number of amides is 5. The number of carbonyl (C=O) groups excluding carboxylic acids is 5. The summed E-state index contributed by atoms with van der Waals surface area (Å²) in [5.41, 5.74) is 11.6. The summed E-state index contributed by atoms with van der Waals surface area (Å²) in [6.45, 7) is 0.512. The maximum atomic E-state index is 14.2. The predicted octanol–water partition coefficient (Wildman–Crippen LogP) is 7.52. The van der Waals surface area contributed by atoms with Crippen LogP contribution in [0.1, 0.15) is 88.4 Å². The highest BCUT2D eigenvalue weighted by Gasteiger charge is 2.36. The highest BCUT2D eigenvalue weighted by atomic mass is 16.5. The first kappa shape index (κ1) is 45.2. The maximum absolute atomic E-state index is 14.2. The smallest absolute Gasteiger partial charge is 0.260 e. The molecule has 0 saturated carbocycles. The number of hydrogen-bond acceptors (Lipinski definition) is 12. The second kappa shape index (κ2) is 19.5. The van der Waals surface area contributed by atoms with Crippen LogP contribution in [0.15, 0.2) is 107 Å². The van der Waals surface area contributed by atoms with Crippen LogP contribution < -0.4 is 29.4 Å². The number of primary amides is 1. The van der Waals surface area contributed by atoms with Crippen LogP contribution in [0.2, 0.25) is 0 Å². The van der Waals surface area contributed by atoms with E-state index < -0.39 is 11.9 Å². The summed E-state index contributed by atoms with van der Waals surface area (Å²) in [5.74, 6) is 0.783. The van der Waals surface area contributed by atoms with Gasteiger partial charge in [0.05, 0.1) is 75.2 Å². The van der Waals surface area contributed by atoms with Gasteiger partial charge in [-0.15, -0.1) is 0 Å². The first-order chi connectivity index (χ1) is 33.0. The molecule has 4 aromatic carbocycles. The Morgan fingerprint density at radius 1 is 0.662 bits per heavy atom. The zero-order valence-corrected chi connectivity index (χ0v) is 37.9. The SMILES string of the molecule is COc1ccc(C2=CN3C(=O)c4cc(OC)c(OCCCOc5cc6c(cc5OC)C(=O)N5C=C(c7cccc(C(CCCCC(N)=O)N8C(=O)C=CC8=O)c7)C[C@H]5C=N6)cc4N=C[C@@H]3C2)cc1. The monoisotopic (exact) mass is 918 g/mol. The summed E-state index contributed by atoms with van der Waals surface area (Å²) >= 11 is 0. The van der Waals surface area contributed by atoms with Crippen molar-refractivity contribution in [3.05, 3.63) is 125 Å². The minimum absolute atomic E-state index is 0.180. The van der Waals surface area contributed by atoms with Gasteiger partial charge in [-0.1, -0.05) is 36.8 Å². The van der Waals surface area contributed by atoms with Crippen molar-refractivity contribution in [2.45, 2.75) is 63.1 Å². The third-order valence-electron chi connectivity index (χ3n) is 12.6. The fourth-order valence-electron chi connectivity index (χ4n) is 9.12. The molecule has 0 aliphatic carbocycles. The Bertz CT molecular complexity index is 2830. The Morgan fingerprint density at radius 3 is 1.75 bits per heavy atom. The molecule has 5 amide bonds. The van der Waals surface area contributed by atoms with Crippen molar-refractivity contribution in [3.63, 3.8) is 0 Å². The second-order valence-corrected chi connectivity index (χ2v) is 16.9. The standard InChI is InChI=1S/C52H50N6O10/c1-64-38-14-12-31(13-15-38)34-21-36-27-54-41-25-46(44(65-2)23-39(41)51(62)56(36)29-34)67-18-7-19-68-47-26-42-40(24-45(47)66-3)52(63)57-30-35(22-37(57)28-55-42)32-8-6-9-33(20-32)43(10-4-5-11-48(53)59)58-49(60)16-17-50(58)61/h6,8-9,12-17,20,23-30,36-37,43H,4-5,7,10-11,18-19,21-22H2,1-3H3,(H2,53,59)/t36-,37-,43?/m0/s1. The van der Waals surface area contributed by atoms with Crippen molar-refractivity contribution in [2.75, 3.05) is 34.5 Å². The Hall–Kier alpha value is -8.01. The molecule has 0 saturated heterocycles. The van der Waals surface area contributed by atoms with Crippen molar-refractivity contribution in [3.8, 4) is 28.7 Å². The molecule has 0 aromatic heterocycles. The van der Waals surface area contributed by atoms with Crippen molar-refractivity contribution in [1.29, 1.82) is 0 Å². The van der Waals surface area contributed by atoms with Crippen LogP contribution in [0.25, 0.3) is 11.1 Å². The fourth-order valence-corrected chi connectivity index (χ4v) is 9.12. The van der Waals surface area contributed by atoms with Gasteiger partial charge in [0.2, 0.25) is 5.91 Å². The molecule has 348 valence electrons. The maximum Gasteiger partial charge on any atom is 0.260 e. The molecule has 2 N–H and O–H groups in total. The minimum Gasteiger partial charge on any atom is -0.497 e. The quantitative estimate of drug-likeness (QED) is 0.0772. The van der Waals surface area contributed by atoms with Gasteiger partial charge in [0.15, 0.2) is 23.0 Å². The van der Waals surface area contributed by atoms with Crippen LogP contribution in [0.5, 0.6) is 28.7 Å². The zero-order valence-electron chi connectivity index (χ0n) is 37.9. The molecule has 68 heavy (non-hydrogen) atoms. The molecule has 5 aliphatic heterocycles. The van der Waals surface area contributed by atoms with E-state index >= 15 is 0 Å². The molecule has 5 heterocycles. The molecular formula is C52H50N6O10. The lowest BCUT2D eigenvalue weighted by molar-refractivity contribution is -0.140. The number of methoxy groups -OCH3 is 3. The number of fused-ring (bicyclic) bond motifs is 4. The second-order valence-electron chi connectivity index (χ2n) is 16.9. The van der Waals surface area contributed by atoms with E-state index in [9.17, 15) is 24.0 Å². The van der Waals surface area contributed by atoms with E-state index in [0.29, 0.717) is 84.0 Å². The molecule has 0 spiro atoms. The first-order valence-electron chi connectivity index (χ1n) is 22.5. The molecule has 5 aliphatic rings. The average Bonchev–Trinajstić information content (AvgIpc) is 4.04. The van der Waals surface area contributed by atoms with Crippen LogP contribution in [-0.2, 0) is 14.4 Å². The Kier molecular flexibility index (Phi) is 12.9. The highest BCUT2D eigenvalue weighted by Crippen LogP contribution is 2.42. The van der Waals surface area contributed by atoms with Crippen LogP contribution >= 0.6 is 0 Å². The first-order valence-corrected chi connectivity index (χ1v) is 22.5. The Labute approximate surface area is 393 Å². The number of benzene rings is 4. The van der Waals surface area contributed by atoms with Gasteiger partial charge in [-0.2, -0.15) is 0 Å². The van der Waals surface area contributed by atoms with Crippen molar-refractivity contribution in [2.24, 2.45) is 15.7 Å². The fraction of sp³-hybridized carbons (Fsp3) is 0.288. The number of unbranched alkanes of at least 4 members (excludes halogenated alkanes) is 1. The van der Waals surface area contributed by atoms with E-state index in [1.165, 1.54) is 31.3 Å². The van der Waals surface area contributed by atoms with Gasteiger partial charge in [-0.3, -0.25) is 38.9 Å². The number of imide groups is 1. The summed E-state index contributed by atoms with van der Waals surface area (Å²) in [7, 11) is 4.66. The molecule has 0 fully saturated rings. The predicted molar refractivity (Wildman–Crippen MR) is 254 cm³/mol. The Morgan fingerprint density at radius 2 is 1.22 bits per heavy atom. The number of rotatable bonds is 18. The van der Waals surface area contributed by atoms with Crippen LogP contribution in [0.4, 0.5) is 11.4 Å². The number of nitrogens with zero attached hydrogens (tertiary/aromatic N) is 5. The minimum atomic E-state index is -0.540. The molecule has 16 heteroatoms. The van der Waals surface area contributed by atoms with Crippen molar-refractivity contribution in [1.82, 2.24) is 14.7 Å². The van der Waals surface area contributed by atoms with E-state index in [2.05, 4.69) is 0 Å². The van der Waals surface area contributed by atoms with Crippen molar-refractivity contribution >= 4 is 64.5 Å². The number of carbonyl (C=O) groups is 5. The summed E-state index contributed by atoms with van der Waals surface area (Å²) in [4.78, 5) is 79.0. The van der Waals surface area contributed by atoms with Gasteiger partial charge in [0.25, 0.3) is 23.6 Å². The topological polar surface area (TPSA) is 192 Å². The number of hydrogen-bond donors (Lipinski definition) is 1. The molecule has 3 atom stereocenters. The largest absolute Gasteiger partial charge is 0.497 e. The van der Waals surface area contributed by atoms with E-state index in [1.807, 2.05) is 60.9 Å². The van der Waals surface area contributed by atoms with Gasteiger partial charge in [0.1, 0.15) is 5.75 Å². The van der Waals surface area contributed by atoms with Gasteiger partial charge in [-0.05, 0) is 71.0 Å². The van der Waals surface area contributed by atoms with Gasteiger partial charge in [0, 0.05) is 74.8 Å². The Balaban J connectivity index is 0.836. The van der Waals surface area contributed by atoms with Gasteiger partial charge in [-0.25, -0.2) is 0 Å². The molecule has 0 bridgehead atoms. The average molecular weight is 919 g/mol. The summed E-state index contributed by atoms with van der Waals surface area (Å²) in [6.07, 6.45) is 13.2. The van der Waals surface area contributed by atoms with Crippen LogP contribution in [-0.4, -0.2) is 103 Å². The molecular weight excluding hydrogens is 869 g/mol. The summed E-state index contributed by atoms with van der Waals surface area (Å²) in [6, 6.07) is 21.0. The van der Waals surface area contributed by atoms with E-state index in [-0.39, 0.29) is 55.3 Å². The highest BCUT2D eigenvalue weighted by molar-refractivity contribution is 6.13. The lowest BCUT2D eigenvalue weighted by Crippen LogP contribution is -2.34. The third kappa shape index (κ3) is 9.08. The van der Waals surface area contributed by atoms with Gasteiger partial charge < -0.3 is 39.2 Å². The number of ether oxygens (including phenoxy) is 5. The molecule has 9 rings (SSSR count). The van der Waals surface area contributed by atoms with E-state index in [4.69, 9.17) is 39.4 Å². The third-order valence-corrected chi connectivity index (χ3v) is 12.6. The molecule has 0 radical (unpaired) electrons. The zero-order chi connectivity index (χ0) is 47.5. The molecule has 4 aromatic rings. The van der Waals surface area contributed by atoms with Gasteiger partial charge >= 0.3 is 0 Å². The summed E-state index contributed by atoms with van der Waals surface area (Å²) in [5, 5.41) is 0. The van der Waals surface area contributed by atoms with E-state index in [1.54, 1.807) is 53.6 Å². The van der Waals surface area contributed by atoms with E-state index in [0.717, 1.165) is 33.6 Å². The molecule has 1 unspecified atom stereocenters. The number of aliphatic imine (C=N–C) groups is 2. The lowest BCUT2D eigenvalue weighted by Gasteiger charge is -2.27. The molecule has 16 nitrogen and oxygen atoms in total. The van der Waals surface area contributed by atoms with Crippen molar-refractivity contribution < 1.29 is 47.7 Å². The lowest BCUT2D eigenvalue weighted by atomic mass is 9.94. The van der Waals surface area contributed by atoms with Crippen LogP contribution in [0, 0.1) is 0 Å². The summed E-state index contributed by atoms with van der Waals surface area (Å²) < 4.78 is 29.0.